The minimum atomic E-state index is -4.46. The van der Waals surface area contributed by atoms with Gasteiger partial charge in [0.2, 0.25) is 0 Å². The molecule has 126 valence electrons. The number of nitrogens with one attached hydrogen (secondary N) is 1. The molecule has 1 aliphatic rings. The smallest absolute Gasteiger partial charge is 0.417 e. The number of alkyl halides is 3. The zero-order valence-corrected chi connectivity index (χ0v) is 12.4. The van der Waals surface area contributed by atoms with Gasteiger partial charge < -0.3 is 15.2 Å². The van der Waals surface area contributed by atoms with Gasteiger partial charge >= 0.3 is 12.3 Å². The molecule has 1 aliphatic heterocycles. The quantitative estimate of drug-likeness (QED) is 0.892. The van der Waals surface area contributed by atoms with E-state index in [1.54, 1.807) is 24.3 Å². The first-order chi connectivity index (χ1) is 11.4. The first kappa shape index (κ1) is 16.2. The van der Waals surface area contributed by atoms with Crippen molar-refractivity contribution in [3.8, 4) is 16.9 Å². The molecule has 7 heteroatoms. The van der Waals surface area contributed by atoms with Crippen LogP contribution in [-0.4, -0.2) is 23.8 Å². The Kier molecular flexibility index (Phi) is 4.09. The Morgan fingerprint density at radius 2 is 1.88 bits per heavy atom. The zero-order valence-electron chi connectivity index (χ0n) is 12.4. The number of carbonyl (C=O) groups is 1. The van der Waals surface area contributed by atoms with Crippen molar-refractivity contribution in [3.63, 3.8) is 0 Å². The number of fused-ring (bicyclic) bond motifs is 1. The normalized spacial score (nSPS) is 16.4. The highest BCUT2D eigenvalue weighted by Gasteiger charge is 2.35. The van der Waals surface area contributed by atoms with Gasteiger partial charge in [-0.1, -0.05) is 30.3 Å². The summed E-state index contributed by atoms with van der Waals surface area (Å²) in [7, 11) is 0. The van der Waals surface area contributed by atoms with E-state index < -0.39 is 23.9 Å². The SMILES string of the molecule is O=C(O)NCC1Cc2c(cccc2-c2ccccc2C(F)(F)F)O1. The second kappa shape index (κ2) is 6.07. The summed E-state index contributed by atoms with van der Waals surface area (Å²) in [6.45, 7) is 0.0738. The van der Waals surface area contributed by atoms with E-state index in [4.69, 9.17) is 9.84 Å². The summed E-state index contributed by atoms with van der Waals surface area (Å²) in [5.74, 6) is 0.488. The van der Waals surface area contributed by atoms with Gasteiger partial charge in [-0.25, -0.2) is 4.79 Å². The molecule has 24 heavy (non-hydrogen) atoms. The van der Waals surface area contributed by atoms with Crippen molar-refractivity contribution in [1.82, 2.24) is 5.32 Å². The predicted octanol–water partition coefficient (Wildman–Crippen LogP) is 3.94. The molecule has 0 spiro atoms. The Bertz CT molecular complexity index is 774. The van der Waals surface area contributed by atoms with Gasteiger partial charge in [-0.15, -0.1) is 0 Å². The molecule has 1 amide bonds. The molecule has 0 aliphatic carbocycles. The van der Waals surface area contributed by atoms with Crippen LogP contribution < -0.4 is 10.1 Å². The van der Waals surface area contributed by atoms with Crippen molar-refractivity contribution in [2.45, 2.75) is 18.7 Å². The van der Waals surface area contributed by atoms with E-state index in [1.807, 2.05) is 0 Å². The van der Waals surface area contributed by atoms with E-state index >= 15 is 0 Å². The largest absolute Gasteiger partial charge is 0.488 e. The lowest BCUT2D eigenvalue weighted by Crippen LogP contribution is -2.33. The first-order valence-electron chi connectivity index (χ1n) is 7.28. The van der Waals surface area contributed by atoms with Gasteiger partial charge in [-0.2, -0.15) is 13.2 Å². The summed E-state index contributed by atoms with van der Waals surface area (Å²) in [6.07, 6.45) is -5.71. The fraction of sp³-hybridized carbons (Fsp3) is 0.235. The molecular formula is C17H14F3NO3. The topological polar surface area (TPSA) is 58.6 Å². The number of ether oxygens (including phenoxy) is 1. The molecule has 4 nitrogen and oxygen atoms in total. The van der Waals surface area contributed by atoms with Gasteiger partial charge in [-0.3, -0.25) is 0 Å². The highest BCUT2D eigenvalue weighted by Crippen LogP contribution is 2.42. The maximum absolute atomic E-state index is 13.3. The number of rotatable bonds is 3. The molecule has 0 saturated carbocycles. The Morgan fingerprint density at radius 1 is 1.17 bits per heavy atom. The lowest BCUT2D eigenvalue weighted by atomic mass is 9.93. The second-order valence-electron chi connectivity index (χ2n) is 5.46. The standard InChI is InChI=1S/C17H14F3NO3/c18-17(19,20)14-6-2-1-4-12(14)11-5-3-7-15-13(11)8-10(24-15)9-21-16(22)23/h1-7,10,21H,8-9H2,(H,22,23). The van der Waals surface area contributed by atoms with Crippen LogP contribution in [-0.2, 0) is 12.6 Å². The molecule has 0 aromatic heterocycles. The Balaban J connectivity index is 1.97. The van der Waals surface area contributed by atoms with Gasteiger partial charge in [0.25, 0.3) is 0 Å². The number of benzene rings is 2. The fourth-order valence-corrected chi connectivity index (χ4v) is 2.87. The number of hydrogen-bond donors (Lipinski definition) is 2. The van der Waals surface area contributed by atoms with Crippen molar-refractivity contribution in [2.75, 3.05) is 6.54 Å². The average molecular weight is 337 g/mol. The van der Waals surface area contributed by atoms with Gasteiger partial charge in [0.05, 0.1) is 12.1 Å². The molecule has 0 bridgehead atoms. The molecule has 3 rings (SSSR count). The molecule has 0 fully saturated rings. The van der Waals surface area contributed by atoms with Gasteiger partial charge in [0, 0.05) is 12.0 Å². The number of halogens is 3. The van der Waals surface area contributed by atoms with Gasteiger partial charge in [0.1, 0.15) is 11.9 Å². The Labute approximate surface area is 135 Å². The summed E-state index contributed by atoms with van der Waals surface area (Å²) in [5, 5.41) is 10.9. The van der Waals surface area contributed by atoms with E-state index in [-0.39, 0.29) is 12.1 Å². The van der Waals surface area contributed by atoms with Crippen LogP contribution in [0.25, 0.3) is 11.1 Å². The molecule has 1 heterocycles. The molecular weight excluding hydrogens is 323 g/mol. The molecule has 2 aromatic carbocycles. The second-order valence-corrected chi connectivity index (χ2v) is 5.46. The number of amides is 1. The lowest BCUT2D eigenvalue weighted by molar-refractivity contribution is -0.137. The average Bonchev–Trinajstić information content (AvgIpc) is 2.95. The van der Waals surface area contributed by atoms with Crippen LogP contribution in [0.4, 0.5) is 18.0 Å². The van der Waals surface area contributed by atoms with Crippen molar-refractivity contribution in [2.24, 2.45) is 0 Å². The van der Waals surface area contributed by atoms with E-state index in [1.165, 1.54) is 12.1 Å². The molecule has 0 saturated heterocycles. The zero-order chi connectivity index (χ0) is 17.3. The van der Waals surface area contributed by atoms with Gasteiger partial charge in [-0.05, 0) is 23.3 Å². The van der Waals surface area contributed by atoms with Crippen LogP contribution in [0.1, 0.15) is 11.1 Å². The summed E-state index contributed by atoms with van der Waals surface area (Å²) < 4.78 is 45.4. The summed E-state index contributed by atoms with van der Waals surface area (Å²) in [5.41, 5.74) is 0.507. The number of carboxylic acid groups (broad SMARTS) is 1. The van der Waals surface area contributed by atoms with E-state index in [2.05, 4.69) is 5.32 Å². The third-order valence-corrected chi connectivity index (χ3v) is 3.86. The van der Waals surface area contributed by atoms with Crippen LogP contribution in [0.15, 0.2) is 42.5 Å². The third-order valence-electron chi connectivity index (χ3n) is 3.86. The molecule has 2 aromatic rings. The molecule has 2 N–H and O–H groups in total. The number of hydrogen-bond acceptors (Lipinski definition) is 2. The summed E-state index contributed by atoms with van der Waals surface area (Å²) >= 11 is 0. The van der Waals surface area contributed by atoms with Crippen LogP contribution >= 0.6 is 0 Å². The molecule has 1 atom stereocenters. The maximum atomic E-state index is 13.3. The van der Waals surface area contributed by atoms with Crippen molar-refractivity contribution < 1.29 is 27.8 Å². The molecule has 0 radical (unpaired) electrons. The summed E-state index contributed by atoms with van der Waals surface area (Å²) in [6, 6.07) is 10.3. The minimum Gasteiger partial charge on any atom is -0.488 e. The fourth-order valence-electron chi connectivity index (χ4n) is 2.87. The first-order valence-corrected chi connectivity index (χ1v) is 7.28. The highest BCUT2D eigenvalue weighted by molar-refractivity contribution is 5.74. The van der Waals surface area contributed by atoms with Crippen molar-refractivity contribution in [1.29, 1.82) is 0 Å². The van der Waals surface area contributed by atoms with E-state index in [0.29, 0.717) is 23.3 Å². The summed E-state index contributed by atoms with van der Waals surface area (Å²) in [4.78, 5) is 10.6. The van der Waals surface area contributed by atoms with Crippen LogP contribution in [0.5, 0.6) is 5.75 Å². The van der Waals surface area contributed by atoms with Crippen LogP contribution in [0, 0.1) is 0 Å². The maximum Gasteiger partial charge on any atom is 0.417 e. The van der Waals surface area contributed by atoms with Crippen molar-refractivity contribution >= 4 is 6.09 Å². The van der Waals surface area contributed by atoms with Gasteiger partial charge in [0.15, 0.2) is 0 Å². The Hall–Kier alpha value is -2.70. The third kappa shape index (κ3) is 3.15. The molecule has 1 unspecified atom stereocenters. The Morgan fingerprint density at radius 3 is 2.58 bits per heavy atom. The van der Waals surface area contributed by atoms with Crippen LogP contribution in [0.2, 0.25) is 0 Å². The minimum absolute atomic E-state index is 0.0738. The van der Waals surface area contributed by atoms with E-state index in [0.717, 1.165) is 6.07 Å². The monoisotopic (exact) mass is 337 g/mol. The lowest BCUT2D eigenvalue weighted by Gasteiger charge is -2.14. The highest BCUT2D eigenvalue weighted by atomic mass is 19.4. The van der Waals surface area contributed by atoms with E-state index in [9.17, 15) is 18.0 Å². The van der Waals surface area contributed by atoms with Crippen LogP contribution in [0.3, 0.4) is 0 Å². The predicted molar refractivity (Wildman–Crippen MR) is 81.0 cm³/mol. The van der Waals surface area contributed by atoms with Crippen molar-refractivity contribution in [3.05, 3.63) is 53.6 Å².